The zero-order valence-electron chi connectivity index (χ0n) is 36.1. The third kappa shape index (κ3) is 6.50. The zero-order chi connectivity index (χ0) is 42.9. The lowest BCUT2D eigenvalue weighted by Crippen LogP contribution is -2.10. The molecule has 64 heavy (non-hydrogen) atoms. The van der Waals surface area contributed by atoms with Crippen molar-refractivity contribution >= 4 is 82.1 Å². The number of hydrogen-bond acceptors (Lipinski definition) is 2. The summed E-state index contributed by atoms with van der Waals surface area (Å²) in [6.07, 6.45) is 0. The lowest BCUT2D eigenvalue weighted by molar-refractivity contribution is 0.591. The maximum absolute atomic E-state index is 6.65. The first kappa shape index (κ1) is 37.8. The highest BCUT2D eigenvalue weighted by molar-refractivity contribution is 6.12. The van der Waals surface area contributed by atoms with Crippen molar-refractivity contribution in [3.63, 3.8) is 0 Å². The van der Waals surface area contributed by atoms with Gasteiger partial charge in [0.2, 0.25) is 0 Å². The Morgan fingerprint density at radius 1 is 0.328 bits per heavy atom. The predicted molar refractivity (Wildman–Crippen MR) is 273 cm³/mol. The Bertz CT molecular complexity index is 3760. The Hall–Kier alpha value is -7.94. The van der Waals surface area contributed by atoms with Crippen LogP contribution in [0.5, 0.6) is 0 Å². The molecule has 0 aliphatic rings. The third-order valence-electron chi connectivity index (χ3n) is 13.1. The van der Waals surface area contributed by atoms with Gasteiger partial charge in [-0.3, -0.25) is 0 Å². The molecule has 0 N–H and O–H groups in total. The van der Waals surface area contributed by atoms with Crippen LogP contribution in [0.25, 0.3) is 98.4 Å². The van der Waals surface area contributed by atoms with E-state index in [-0.39, 0.29) is 5.41 Å². The highest BCUT2D eigenvalue weighted by atomic mass is 16.3. The quantitative estimate of drug-likeness (QED) is 0.155. The molecule has 0 aliphatic carbocycles. The van der Waals surface area contributed by atoms with E-state index in [2.05, 4.69) is 238 Å². The van der Waals surface area contributed by atoms with Crippen molar-refractivity contribution < 1.29 is 4.42 Å². The highest BCUT2D eigenvalue weighted by Gasteiger charge is 2.20. The molecule has 2 nitrogen and oxygen atoms in total. The van der Waals surface area contributed by atoms with E-state index < -0.39 is 0 Å². The van der Waals surface area contributed by atoms with Crippen LogP contribution in [-0.4, -0.2) is 0 Å². The fraction of sp³-hybridized carbons (Fsp3) is 0.0645. The molecule has 1 heterocycles. The second kappa shape index (κ2) is 14.9. The zero-order valence-corrected chi connectivity index (χ0v) is 36.1. The maximum Gasteiger partial charge on any atom is 0.143 e. The van der Waals surface area contributed by atoms with Gasteiger partial charge in [-0.1, -0.05) is 185 Å². The number of anilines is 3. The van der Waals surface area contributed by atoms with Crippen molar-refractivity contribution in [2.45, 2.75) is 26.2 Å². The van der Waals surface area contributed by atoms with Gasteiger partial charge in [-0.15, -0.1) is 0 Å². The van der Waals surface area contributed by atoms with E-state index >= 15 is 0 Å². The Balaban J connectivity index is 1.03. The largest absolute Gasteiger partial charge is 0.455 e. The summed E-state index contributed by atoms with van der Waals surface area (Å²) in [7, 11) is 0. The molecule has 0 radical (unpaired) electrons. The van der Waals surface area contributed by atoms with E-state index in [1.165, 1.54) is 59.8 Å². The summed E-state index contributed by atoms with van der Waals surface area (Å²) in [5.41, 5.74) is 13.3. The van der Waals surface area contributed by atoms with Crippen molar-refractivity contribution in [3.8, 4) is 33.4 Å². The van der Waals surface area contributed by atoms with Gasteiger partial charge in [-0.05, 0) is 136 Å². The smallest absolute Gasteiger partial charge is 0.143 e. The number of fused-ring (bicyclic) bond motifs is 9. The van der Waals surface area contributed by atoms with Crippen molar-refractivity contribution in [2.24, 2.45) is 0 Å². The fourth-order valence-corrected chi connectivity index (χ4v) is 9.76. The topological polar surface area (TPSA) is 16.4 Å². The molecule has 0 unspecified atom stereocenters. The number of hydrogen-bond donors (Lipinski definition) is 0. The molecule has 0 fully saturated rings. The van der Waals surface area contributed by atoms with Crippen LogP contribution in [0.15, 0.2) is 223 Å². The first-order valence-corrected chi connectivity index (χ1v) is 22.2. The van der Waals surface area contributed by atoms with Gasteiger partial charge >= 0.3 is 0 Å². The highest BCUT2D eigenvalue weighted by Crippen LogP contribution is 2.44. The average molecular weight is 820 g/mol. The Labute approximate surface area is 373 Å². The number of furan rings is 1. The SMILES string of the molecule is CC(C)(C)c1ccc2c(ccc3cc(-c4ccc(N(c5cc(-c6ccccc6)cc(-c6cccc7c6oc6ccccc67)c5)c5ccc6ccc7ccccc7c6c5)cc4)ccc32)c1. The summed E-state index contributed by atoms with van der Waals surface area (Å²) < 4.78 is 6.65. The summed E-state index contributed by atoms with van der Waals surface area (Å²) in [5, 5.41) is 12.2. The van der Waals surface area contributed by atoms with Crippen LogP contribution in [-0.2, 0) is 5.41 Å². The summed E-state index contributed by atoms with van der Waals surface area (Å²) in [5.74, 6) is 0. The number of rotatable bonds is 6. The summed E-state index contributed by atoms with van der Waals surface area (Å²) in [6, 6.07) is 80.0. The second-order valence-corrected chi connectivity index (χ2v) is 18.2. The third-order valence-corrected chi connectivity index (χ3v) is 13.1. The molecule has 0 atom stereocenters. The maximum atomic E-state index is 6.65. The normalized spacial score (nSPS) is 12.0. The van der Waals surface area contributed by atoms with Gasteiger partial charge in [-0.2, -0.15) is 0 Å². The van der Waals surface area contributed by atoms with Crippen LogP contribution in [0.2, 0.25) is 0 Å². The molecule has 11 aromatic carbocycles. The van der Waals surface area contributed by atoms with E-state index in [9.17, 15) is 0 Å². The standard InChI is InChI=1S/C62H45NO/c1-62(2,3)49-28-33-55-46(36-49)23-22-45-34-44(27-32-54(45)55)41-24-29-50(30-25-41)63(51-31-26-43-21-20-42-14-7-8-15-53(42)59(43)39-51)52-37-47(40-12-5-4-6-13-40)35-48(38-52)56-17-11-18-58-57-16-9-10-19-60(57)64-61(56)58/h4-39H,1-3H3. The number of nitrogens with zero attached hydrogens (tertiary/aromatic N) is 1. The van der Waals surface area contributed by atoms with Gasteiger partial charge in [0.1, 0.15) is 11.2 Å². The second-order valence-electron chi connectivity index (χ2n) is 18.2. The molecule has 0 saturated heterocycles. The van der Waals surface area contributed by atoms with Crippen LogP contribution in [0.4, 0.5) is 17.1 Å². The number of para-hydroxylation sites is 2. The van der Waals surface area contributed by atoms with Crippen LogP contribution < -0.4 is 4.90 Å². The molecule has 12 rings (SSSR count). The fourth-order valence-electron chi connectivity index (χ4n) is 9.76. The first-order valence-electron chi connectivity index (χ1n) is 22.2. The van der Waals surface area contributed by atoms with Crippen LogP contribution >= 0.6 is 0 Å². The monoisotopic (exact) mass is 819 g/mol. The van der Waals surface area contributed by atoms with Crippen LogP contribution in [0, 0.1) is 0 Å². The van der Waals surface area contributed by atoms with E-state index in [1.54, 1.807) is 0 Å². The molecule has 0 aliphatic heterocycles. The summed E-state index contributed by atoms with van der Waals surface area (Å²) >= 11 is 0. The van der Waals surface area contributed by atoms with Gasteiger partial charge < -0.3 is 9.32 Å². The molecule has 12 aromatic rings. The molecule has 2 heteroatoms. The molecule has 1 aromatic heterocycles. The summed E-state index contributed by atoms with van der Waals surface area (Å²) in [4.78, 5) is 2.41. The van der Waals surface area contributed by atoms with Gasteiger partial charge in [0.15, 0.2) is 0 Å². The van der Waals surface area contributed by atoms with Gasteiger partial charge in [-0.25, -0.2) is 0 Å². The van der Waals surface area contributed by atoms with E-state index in [0.717, 1.165) is 61.3 Å². The van der Waals surface area contributed by atoms with Gasteiger partial charge in [0.25, 0.3) is 0 Å². The van der Waals surface area contributed by atoms with Crippen molar-refractivity contribution in [1.29, 1.82) is 0 Å². The van der Waals surface area contributed by atoms with Gasteiger partial charge in [0.05, 0.1) is 0 Å². The van der Waals surface area contributed by atoms with Crippen molar-refractivity contribution in [3.05, 3.63) is 224 Å². The molecule has 0 saturated carbocycles. The van der Waals surface area contributed by atoms with Crippen molar-refractivity contribution in [1.82, 2.24) is 0 Å². The molecule has 0 bridgehead atoms. The Morgan fingerprint density at radius 2 is 0.922 bits per heavy atom. The van der Waals surface area contributed by atoms with E-state index in [0.29, 0.717) is 0 Å². The lowest BCUT2D eigenvalue weighted by Gasteiger charge is -2.27. The minimum atomic E-state index is 0.106. The van der Waals surface area contributed by atoms with Crippen LogP contribution in [0.1, 0.15) is 26.3 Å². The van der Waals surface area contributed by atoms with Gasteiger partial charge in [0, 0.05) is 33.4 Å². The minimum absolute atomic E-state index is 0.106. The first-order chi connectivity index (χ1) is 31.3. The minimum Gasteiger partial charge on any atom is -0.455 e. The number of benzene rings is 11. The Morgan fingerprint density at radius 3 is 1.73 bits per heavy atom. The van der Waals surface area contributed by atoms with E-state index in [4.69, 9.17) is 4.42 Å². The van der Waals surface area contributed by atoms with Crippen LogP contribution in [0.3, 0.4) is 0 Å². The molecule has 304 valence electrons. The summed E-state index contributed by atoms with van der Waals surface area (Å²) in [6.45, 7) is 6.83. The predicted octanol–water partition coefficient (Wildman–Crippen LogP) is 18.0. The molecule has 0 spiro atoms. The molecular formula is C62H45NO. The molecular weight excluding hydrogens is 775 g/mol. The van der Waals surface area contributed by atoms with E-state index in [1.807, 2.05) is 6.07 Å². The van der Waals surface area contributed by atoms with Crippen molar-refractivity contribution in [2.75, 3.05) is 4.90 Å². The molecule has 0 amide bonds. The lowest BCUT2D eigenvalue weighted by atomic mass is 9.85. The average Bonchev–Trinajstić information content (AvgIpc) is 3.73. The Kier molecular flexibility index (Phi) is 8.77.